The number of ether oxygens (including phenoxy) is 5. The lowest BCUT2D eigenvalue weighted by atomic mass is 9.97. The van der Waals surface area contributed by atoms with Crippen LogP contribution in [-0.2, 0) is 52.7 Å². The Morgan fingerprint density at radius 2 is 0.900 bits per heavy atom. The molecule has 0 aliphatic carbocycles. The Labute approximate surface area is 420 Å². The Morgan fingerprint density at radius 1 is 0.529 bits per heavy atom. The van der Waals surface area contributed by atoms with Crippen molar-refractivity contribution in [1.82, 2.24) is 0 Å². The number of aliphatic hydroxyl groups is 1. The molecule has 1 saturated heterocycles. The summed E-state index contributed by atoms with van der Waals surface area (Å²) in [6.45, 7) is 8.15. The van der Waals surface area contributed by atoms with E-state index in [-0.39, 0.29) is 31.5 Å². The molecule has 6 atom stereocenters. The Morgan fingerprint density at radius 3 is 1.30 bits per heavy atom. The number of carbonyl (C=O) groups is 1. The minimum Gasteiger partial charge on any atom is -0.479 e. The molecule has 0 aromatic heterocycles. The van der Waals surface area contributed by atoms with Crippen molar-refractivity contribution < 1.29 is 43.1 Å². The van der Waals surface area contributed by atoms with Gasteiger partial charge in [0.25, 0.3) is 8.32 Å². The number of benzene rings is 5. The SMILES string of the molecule is CC(C)(C)[Si](OCCCCCCCCCCCCCCC[C@H](O[C@@H]1O[C@H](CO)[C@@H](OCc2ccccc2)[C@H](OCc2ccccc2)[C@H]1OCc1ccccc1)C(=O)O)(c1ccccc1)c1ccccc1. The van der Waals surface area contributed by atoms with Gasteiger partial charge in [-0.25, -0.2) is 4.79 Å². The van der Waals surface area contributed by atoms with Crippen LogP contribution in [0.3, 0.4) is 0 Å². The summed E-state index contributed by atoms with van der Waals surface area (Å²) in [5.41, 5.74) is 2.85. The van der Waals surface area contributed by atoms with Gasteiger partial charge in [-0.3, -0.25) is 0 Å². The maximum Gasteiger partial charge on any atom is 0.332 e. The van der Waals surface area contributed by atoms with E-state index in [0.29, 0.717) is 12.8 Å². The molecule has 0 spiro atoms. The molecule has 378 valence electrons. The first-order chi connectivity index (χ1) is 34.2. The molecule has 70 heavy (non-hydrogen) atoms. The summed E-state index contributed by atoms with van der Waals surface area (Å²) >= 11 is 0. The lowest BCUT2D eigenvalue weighted by Crippen LogP contribution is -2.66. The van der Waals surface area contributed by atoms with Crippen molar-refractivity contribution in [3.8, 4) is 0 Å². The monoisotopic (exact) mass is 973 g/mol. The fourth-order valence-corrected chi connectivity index (χ4v) is 14.4. The average Bonchev–Trinajstić information content (AvgIpc) is 3.38. The number of unbranched alkanes of at least 4 members (excludes halogenated alkanes) is 12. The van der Waals surface area contributed by atoms with Crippen molar-refractivity contribution in [2.45, 2.75) is 172 Å². The van der Waals surface area contributed by atoms with Gasteiger partial charge in [0.2, 0.25) is 0 Å². The molecule has 0 radical (unpaired) electrons. The predicted molar refractivity (Wildman–Crippen MR) is 282 cm³/mol. The van der Waals surface area contributed by atoms with Crippen molar-refractivity contribution in [1.29, 1.82) is 0 Å². The highest BCUT2D eigenvalue weighted by molar-refractivity contribution is 6.99. The fraction of sp³-hybridized carbons (Fsp3) is 0.483. The van der Waals surface area contributed by atoms with Crippen LogP contribution in [0.5, 0.6) is 0 Å². The van der Waals surface area contributed by atoms with Gasteiger partial charge in [-0.15, -0.1) is 0 Å². The quantitative estimate of drug-likeness (QED) is 0.0321. The van der Waals surface area contributed by atoms with Crippen LogP contribution in [0.15, 0.2) is 152 Å². The van der Waals surface area contributed by atoms with Gasteiger partial charge in [0.15, 0.2) is 12.4 Å². The van der Waals surface area contributed by atoms with E-state index in [1.165, 1.54) is 61.7 Å². The van der Waals surface area contributed by atoms with Gasteiger partial charge in [0.1, 0.15) is 24.4 Å². The van der Waals surface area contributed by atoms with Crippen molar-refractivity contribution in [3.63, 3.8) is 0 Å². The van der Waals surface area contributed by atoms with Crippen LogP contribution >= 0.6 is 0 Å². The van der Waals surface area contributed by atoms with Crippen LogP contribution in [0.4, 0.5) is 0 Å². The second-order valence-electron chi connectivity index (χ2n) is 19.9. The first-order valence-electron chi connectivity index (χ1n) is 26.1. The molecule has 1 heterocycles. The van der Waals surface area contributed by atoms with Gasteiger partial charge in [-0.2, -0.15) is 0 Å². The summed E-state index contributed by atoms with van der Waals surface area (Å²) in [6, 6.07) is 51.2. The number of aliphatic carboxylic acids is 1. The minimum absolute atomic E-state index is 0.00353. The number of rotatable bonds is 32. The highest BCUT2D eigenvalue weighted by Gasteiger charge is 2.51. The number of hydrogen-bond acceptors (Lipinski definition) is 8. The van der Waals surface area contributed by atoms with E-state index in [2.05, 4.69) is 81.4 Å². The maximum atomic E-state index is 12.7. The van der Waals surface area contributed by atoms with Crippen LogP contribution in [0.1, 0.15) is 127 Å². The number of aliphatic hydroxyl groups excluding tert-OH is 1. The summed E-state index contributed by atoms with van der Waals surface area (Å²) in [5.74, 6) is -1.06. The zero-order valence-corrected chi connectivity index (χ0v) is 43.1. The molecule has 0 unspecified atom stereocenters. The average molecular weight is 973 g/mol. The first kappa shape index (κ1) is 54.8. The standard InChI is InChI=1S/C60H80O9Si/c1-60(2,3)70(51-38-26-18-27-39-51,52-40-28-19-29-41-52)67-43-31-14-12-10-8-6-4-5-7-9-11-13-30-42-53(58(62)63)68-59-57(66-47-50-36-24-17-25-37-50)56(65-46-49-34-22-16-23-35-49)55(54(44-61)69-59)64-45-48-32-20-15-21-33-48/h15-29,32-41,53-57,59,61H,4-14,30-31,42-47H2,1-3H3,(H,62,63)/t53-,54+,55+,56-,57+,59+/m0/s1. The summed E-state index contributed by atoms with van der Waals surface area (Å²) in [6.07, 6.45) is 9.67. The minimum atomic E-state index is -2.47. The third-order valence-corrected chi connectivity index (χ3v) is 18.6. The number of carboxylic acid groups (broad SMARTS) is 1. The second-order valence-corrected chi connectivity index (χ2v) is 24.2. The Bertz CT molecular complexity index is 2100. The van der Waals surface area contributed by atoms with Crippen molar-refractivity contribution >= 4 is 24.7 Å². The Hall–Kier alpha value is -4.49. The Balaban J connectivity index is 0.918. The molecule has 6 rings (SSSR count). The molecule has 2 N–H and O–H groups in total. The molecule has 0 saturated carbocycles. The first-order valence-corrected chi connectivity index (χ1v) is 28.0. The van der Waals surface area contributed by atoms with E-state index in [4.69, 9.17) is 28.1 Å². The van der Waals surface area contributed by atoms with Crippen LogP contribution in [0.25, 0.3) is 0 Å². The number of hydrogen-bond donors (Lipinski definition) is 2. The molecule has 1 aliphatic rings. The van der Waals surface area contributed by atoms with Crippen molar-refractivity contribution in [3.05, 3.63) is 168 Å². The van der Waals surface area contributed by atoms with Crippen LogP contribution in [0.2, 0.25) is 5.04 Å². The normalized spacial score (nSPS) is 18.9. The molecular formula is C60H80O9Si. The maximum absolute atomic E-state index is 12.7. The third kappa shape index (κ3) is 16.8. The smallest absolute Gasteiger partial charge is 0.332 e. The molecule has 5 aromatic carbocycles. The van der Waals surface area contributed by atoms with Gasteiger partial charge in [0, 0.05) is 6.61 Å². The summed E-state index contributed by atoms with van der Waals surface area (Å²) in [7, 11) is -2.47. The lowest BCUT2D eigenvalue weighted by molar-refractivity contribution is -0.333. The molecule has 1 aliphatic heterocycles. The van der Waals surface area contributed by atoms with Crippen molar-refractivity contribution in [2.24, 2.45) is 0 Å². The number of carboxylic acids is 1. The van der Waals surface area contributed by atoms with E-state index < -0.39 is 51.1 Å². The largest absolute Gasteiger partial charge is 0.479 e. The highest BCUT2D eigenvalue weighted by Crippen LogP contribution is 2.37. The fourth-order valence-electron chi connectivity index (χ4n) is 9.78. The summed E-state index contributed by atoms with van der Waals surface area (Å²) in [4.78, 5) is 12.7. The molecular weight excluding hydrogens is 893 g/mol. The second kappa shape index (κ2) is 29.8. The van der Waals surface area contributed by atoms with Crippen LogP contribution in [-0.4, -0.2) is 74.5 Å². The summed E-state index contributed by atoms with van der Waals surface area (Å²) in [5, 5.41) is 23.8. The van der Waals surface area contributed by atoms with Gasteiger partial charge in [-0.1, -0.05) is 249 Å². The molecule has 1 fully saturated rings. The molecule has 0 amide bonds. The molecule has 5 aromatic rings. The van der Waals surface area contributed by atoms with E-state index in [0.717, 1.165) is 49.0 Å². The van der Waals surface area contributed by atoms with Crippen molar-refractivity contribution in [2.75, 3.05) is 13.2 Å². The zero-order valence-electron chi connectivity index (χ0n) is 42.1. The van der Waals surface area contributed by atoms with Crippen LogP contribution in [0, 0.1) is 0 Å². The molecule has 9 nitrogen and oxygen atoms in total. The highest BCUT2D eigenvalue weighted by atomic mass is 28.4. The topological polar surface area (TPSA) is 113 Å². The van der Waals surface area contributed by atoms with Gasteiger partial charge in [0.05, 0.1) is 26.4 Å². The van der Waals surface area contributed by atoms with Gasteiger partial charge in [-0.05, 0) is 44.9 Å². The van der Waals surface area contributed by atoms with E-state index >= 15 is 0 Å². The molecule has 0 bridgehead atoms. The zero-order chi connectivity index (χ0) is 49.3. The van der Waals surface area contributed by atoms with Gasteiger partial charge < -0.3 is 38.3 Å². The van der Waals surface area contributed by atoms with E-state index in [1.54, 1.807) is 0 Å². The predicted octanol–water partition coefficient (Wildman–Crippen LogP) is 12.0. The third-order valence-electron chi connectivity index (χ3n) is 13.5. The van der Waals surface area contributed by atoms with E-state index in [1.807, 2.05) is 91.0 Å². The molecule has 10 heteroatoms. The lowest BCUT2D eigenvalue weighted by Gasteiger charge is -2.46. The van der Waals surface area contributed by atoms with Crippen LogP contribution < -0.4 is 10.4 Å². The summed E-state index contributed by atoms with van der Waals surface area (Å²) < 4.78 is 39.6. The Kier molecular flexibility index (Phi) is 23.3. The van der Waals surface area contributed by atoms with Gasteiger partial charge >= 0.3 is 5.97 Å². The van der Waals surface area contributed by atoms with E-state index in [9.17, 15) is 15.0 Å².